The molecule has 0 aliphatic carbocycles. The van der Waals surface area contributed by atoms with Crippen molar-refractivity contribution in [3.63, 3.8) is 0 Å². The smallest absolute Gasteiger partial charge is 0.404 e. The second-order valence-electron chi connectivity index (χ2n) is 8.50. The zero-order chi connectivity index (χ0) is 25.4. The standard InChI is InChI=1S/C26H28N6O4/c1-26(2,19-4-8-22(9-5-19)34-16-3-17-35-24(27)33)20-6-10-23(11-7-20)36-18-21-12-13-28-25(31-21)32-29-14-15-30-32/h4-15H,3,16-18H2,1-2H3,(H2,27,33). The van der Waals surface area contributed by atoms with E-state index < -0.39 is 6.09 Å². The third kappa shape index (κ3) is 6.35. The van der Waals surface area contributed by atoms with Gasteiger partial charge in [0.2, 0.25) is 0 Å². The maximum atomic E-state index is 10.6. The van der Waals surface area contributed by atoms with E-state index in [0.717, 1.165) is 28.3 Å². The van der Waals surface area contributed by atoms with Crippen molar-refractivity contribution in [1.29, 1.82) is 0 Å². The Bertz CT molecular complexity index is 1260. The summed E-state index contributed by atoms with van der Waals surface area (Å²) in [5, 5.41) is 8.10. The van der Waals surface area contributed by atoms with E-state index in [9.17, 15) is 4.79 Å². The Kier molecular flexibility index (Phi) is 7.74. The van der Waals surface area contributed by atoms with Crippen molar-refractivity contribution in [1.82, 2.24) is 25.0 Å². The van der Waals surface area contributed by atoms with Gasteiger partial charge in [0.05, 0.1) is 31.3 Å². The Morgan fingerprint density at radius 1 is 0.861 bits per heavy atom. The molecule has 0 aliphatic rings. The molecule has 36 heavy (non-hydrogen) atoms. The van der Waals surface area contributed by atoms with Crippen LogP contribution >= 0.6 is 0 Å². The number of nitrogens with two attached hydrogens (primary N) is 1. The molecular formula is C26H28N6O4. The molecule has 0 atom stereocenters. The molecule has 0 spiro atoms. The van der Waals surface area contributed by atoms with Crippen molar-refractivity contribution in [3.05, 3.63) is 90.0 Å². The largest absolute Gasteiger partial charge is 0.493 e. The second kappa shape index (κ2) is 11.3. The number of primary amides is 1. The first-order valence-electron chi connectivity index (χ1n) is 11.5. The minimum Gasteiger partial charge on any atom is -0.493 e. The summed E-state index contributed by atoms with van der Waals surface area (Å²) >= 11 is 0. The number of carbonyl (C=O) groups excluding carboxylic acids is 1. The quantitative estimate of drug-likeness (QED) is 0.316. The van der Waals surface area contributed by atoms with Gasteiger partial charge in [-0.3, -0.25) is 0 Å². The molecule has 1 amide bonds. The monoisotopic (exact) mass is 488 g/mol. The van der Waals surface area contributed by atoms with Gasteiger partial charge in [0.25, 0.3) is 5.95 Å². The number of amides is 1. The lowest BCUT2D eigenvalue weighted by molar-refractivity contribution is 0.147. The van der Waals surface area contributed by atoms with E-state index in [1.165, 1.54) is 4.80 Å². The average molecular weight is 489 g/mol. The molecule has 2 aromatic carbocycles. The second-order valence-corrected chi connectivity index (χ2v) is 8.50. The molecule has 0 saturated heterocycles. The summed E-state index contributed by atoms with van der Waals surface area (Å²) in [4.78, 5) is 20.6. The van der Waals surface area contributed by atoms with Gasteiger partial charge in [-0.25, -0.2) is 14.8 Å². The number of aromatic nitrogens is 5. The van der Waals surface area contributed by atoms with E-state index in [4.69, 9.17) is 19.9 Å². The molecule has 0 bridgehead atoms. The fraction of sp³-hybridized carbons (Fsp3) is 0.269. The van der Waals surface area contributed by atoms with Gasteiger partial charge in [0.15, 0.2) is 0 Å². The highest BCUT2D eigenvalue weighted by atomic mass is 16.5. The number of rotatable bonds is 11. The molecule has 186 valence electrons. The van der Waals surface area contributed by atoms with Crippen LogP contribution in [0.15, 0.2) is 73.2 Å². The maximum absolute atomic E-state index is 10.6. The highest BCUT2D eigenvalue weighted by Crippen LogP contribution is 2.33. The lowest BCUT2D eigenvalue weighted by Crippen LogP contribution is -2.18. The summed E-state index contributed by atoms with van der Waals surface area (Å²) in [6.07, 6.45) is 4.61. The van der Waals surface area contributed by atoms with Crippen LogP contribution in [-0.4, -0.2) is 44.3 Å². The predicted molar refractivity (Wildman–Crippen MR) is 132 cm³/mol. The normalized spacial score (nSPS) is 11.2. The predicted octanol–water partition coefficient (Wildman–Crippen LogP) is 3.83. The molecule has 0 fully saturated rings. The Labute approximate surface area is 209 Å². The van der Waals surface area contributed by atoms with Crippen LogP contribution in [0.3, 0.4) is 0 Å². The van der Waals surface area contributed by atoms with Gasteiger partial charge < -0.3 is 19.9 Å². The summed E-state index contributed by atoms with van der Waals surface area (Å²) in [5.41, 5.74) is 7.76. The molecule has 10 heteroatoms. The van der Waals surface area contributed by atoms with E-state index in [0.29, 0.717) is 25.6 Å². The topological polar surface area (TPSA) is 127 Å². The number of ether oxygens (including phenoxy) is 3. The fourth-order valence-electron chi connectivity index (χ4n) is 3.56. The molecule has 4 aromatic rings. The lowest BCUT2D eigenvalue weighted by atomic mass is 9.78. The van der Waals surface area contributed by atoms with E-state index in [1.807, 2.05) is 24.3 Å². The number of hydrogen-bond acceptors (Lipinski definition) is 8. The lowest BCUT2D eigenvalue weighted by Gasteiger charge is -2.26. The van der Waals surface area contributed by atoms with E-state index >= 15 is 0 Å². The van der Waals surface area contributed by atoms with E-state index in [1.54, 1.807) is 24.7 Å². The van der Waals surface area contributed by atoms with Crippen molar-refractivity contribution in [2.45, 2.75) is 32.3 Å². The Morgan fingerprint density at radius 2 is 1.47 bits per heavy atom. The van der Waals surface area contributed by atoms with Crippen LogP contribution in [0, 0.1) is 0 Å². The molecule has 2 aromatic heterocycles. The molecule has 2 N–H and O–H groups in total. The molecule has 10 nitrogen and oxygen atoms in total. The van der Waals surface area contributed by atoms with Crippen molar-refractivity contribution in [3.8, 4) is 17.4 Å². The average Bonchev–Trinajstić information content (AvgIpc) is 3.43. The highest BCUT2D eigenvalue weighted by molar-refractivity contribution is 5.64. The Hall–Kier alpha value is -4.47. The van der Waals surface area contributed by atoms with Crippen LogP contribution in [0.1, 0.15) is 37.1 Å². The van der Waals surface area contributed by atoms with Crippen LogP contribution in [-0.2, 0) is 16.8 Å². The minimum absolute atomic E-state index is 0.218. The highest BCUT2D eigenvalue weighted by Gasteiger charge is 2.23. The molecule has 0 saturated carbocycles. The summed E-state index contributed by atoms with van der Waals surface area (Å²) in [7, 11) is 0. The van der Waals surface area contributed by atoms with Crippen molar-refractivity contribution in [2.24, 2.45) is 5.73 Å². The summed E-state index contributed by atoms with van der Waals surface area (Å²) in [6, 6.07) is 17.8. The summed E-state index contributed by atoms with van der Waals surface area (Å²) < 4.78 is 16.3. The first kappa shape index (κ1) is 24.6. The van der Waals surface area contributed by atoms with Crippen LogP contribution < -0.4 is 15.2 Å². The zero-order valence-corrected chi connectivity index (χ0v) is 20.2. The number of nitrogens with zero attached hydrogens (tertiary/aromatic N) is 5. The van der Waals surface area contributed by atoms with Gasteiger partial charge in [0.1, 0.15) is 18.1 Å². The minimum atomic E-state index is -0.773. The van der Waals surface area contributed by atoms with Crippen LogP contribution in [0.5, 0.6) is 11.5 Å². The van der Waals surface area contributed by atoms with Crippen LogP contribution in [0.25, 0.3) is 5.95 Å². The van der Waals surface area contributed by atoms with E-state index in [-0.39, 0.29) is 12.0 Å². The Morgan fingerprint density at radius 3 is 2.08 bits per heavy atom. The molecule has 4 rings (SSSR count). The first-order valence-corrected chi connectivity index (χ1v) is 11.5. The van der Waals surface area contributed by atoms with Gasteiger partial charge in [-0.2, -0.15) is 10.2 Å². The van der Waals surface area contributed by atoms with Gasteiger partial charge in [-0.15, -0.1) is 4.80 Å². The van der Waals surface area contributed by atoms with Gasteiger partial charge >= 0.3 is 6.09 Å². The molecule has 0 radical (unpaired) electrons. The molecule has 0 aliphatic heterocycles. The third-order valence-electron chi connectivity index (χ3n) is 5.64. The Balaban J connectivity index is 1.32. The van der Waals surface area contributed by atoms with E-state index in [2.05, 4.69) is 58.3 Å². The van der Waals surface area contributed by atoms with Crippen LogP contribution in [0.2, 0.25) is 0 Å². The van der Waals surface area contributed by atoms with Crippen molar-refractivity contribution < 1.29 is 19.0 Å². The maximum Gasteiger partial charge on any atom is 0.404 e. The van der Waals surface area contributed by atoms with Crippen molar-refractivity contribution >= 4 is 6.09 Å². The third-order valence-corrected chi connectivity index (χ3v) is 5.64. The van der Waals surface area contributed by atoms with Gasteiger partial charge in [0, 0.05) is 18.0 Å². The van der Waals surface area contributed by atoms with Gasteiger partial charge in [-0.1, -0.05) is 38.1 Å². The number of benzene rings is 2. The number of carbonyl (C=O) groups is 1. The fourth-order valence-corrected chi connectivity index (χ4v) is 3.56. The summed E-state index contributed by atoms with van der Waals surface area (Å²) in [6.45, 7) is 5.32. The summed E-state index contributed by atoms with van der Waals surface area (Å²) in [5.74, 6) is 1.90. The first-order chi connectivity index (χ1) is 17.4. The molecule has 2 heterocycles. The molecular weight excluding hydrogens is 460 g/mol. The SMILES string of the molecule is CC(C)(c1ccc(OCCCOC(N)=O)cc1)c1ccc(OCc2ccnc(-n3nccn3)n2)cc1. The molecule has 0 unspecified atom stereocenters. The van der Waals surface area contributed by atoms with Crippen molar-refractivity contribution in [2.75, 3.05) is 13.2 Å². The number of hydrogen-bond donors (Lipinski definition) is 1. The van der Waals surface area contributed by atoms with Gasteiger partial charge in [-0.05, 0) is 41.5 Å². The zero-order valence-electron chi connectivity index (χ0n) is 20.2. The van der Waals surface area contributed by atoms with Crippen LogP contribution in [0.4, 0.5) is 4.79 Å².